The van der Waals surface area contributed by atoms with Gasteiger partial charge in [-0.1, -0.05) is 37.5 Å². The van der Waals surface area contributed by atoms with E-state index < -0.39 is 12.2 Å². The van der Waals surface area contributed by atoms with E-state index in [1.165, 1.54) is 42.6 Å². The lowest BCUT2D eigenvalue weighted by Gasteiger charge is -2.30. The smallest absolute Gasteiger partial charge is 0.411 e. The van der Waals surface area contributed by atoms with Gasteiger partial charge < -0.3 is 14.7 Å². The SMILES string of the molecule is O=C(Nc1ccccc1C1CCCCC1)OC1CCN(C(=O)O)CC1. The molecule has 136 valence electrons. The summed E-state index contributed by atoms with van der Waals surface area (Å²) in [6, 6.07) is 7.96. The molecule has 2 amide bonds. The van der Waals surface area contributed by atoms with Crippen molar-refractivity contribution in [1.82, 2.24) is 4.90 Å². The van der Waals surface area contributed by atoms with Crippen LogP contribution in [0.2, 0.25) is 0 Å². The first-order valence-electron chi connectivity index (χ1n) is 9.18. The standard InChI is InChI=1S/C19H26N2O4/c22-18(25-15-10-12-21(13-11-15)19(23)24)20-17-9-5-4-8-16(17)14-6-2-1-3-7-14/h4-5,8-9,14-15H,1-3,6-7,10-13H2,(H,20,22)(H,23,24). The van der Waals surface area contributed by atoms with Crippen LogP contribution in [0.5, 0.6) is 0 Å². The first kappa shape index (κ1) is 17.6. The Kier molecular flexibility index (Phi) is 5.79. The number of ether oxygens (including phenoxy) is 1. The minimum atomic E-state index is -0.913. The Bertz CT molecular complexity index is 605. The molecule has 0 bridgehead atoms. The van der Waals surface area contributed by atoms with Crippen molar-refractivity contribution in [2.24, 2.45) is 0 Å². The second kappa shape index (κ2) is 8.23. The molecule has 1 saturated heterocycles. The molecule has 0 radical (unpaired) electrons. The summed E-state index contributed by atoms with van der Waals surface area (Å²) in [5.41, 5.74) is 2.03. The minimum absolute atomic E-state index is 0.225. The van der Waals surface area contributed by atoms with Crippen molar-refractivity contribution in [3.63, 3.8) is 0 Å². The third kappa shape index (κ3) is 4.65. The zero-order chi connectivity index (χ0) is 17.6. The van der Waals surface area contributed by atoms with Crippen LogP contribution in [-0.2, 0) is 4.74 Å². The number of carboxylic acid groups (broad SMARTS) is 1. The maximum absolute atomic E-state index is 12.3. The number of rotatable bonds is 3. The Balaban J connectivity index is 1.55. The average Bonchev–Trinajstić information content (AvgIpc) is 2.63. The molecule has 2 N–H and O–H groups in total. The highest BCUT2D eigenvalue weighted by Gasteiger charge is 2.25. The molecule has 1 aliphatic carbocycles. The molecule has 0 unspecified atom stereocenters. The van der Waals surface area contributed by atoms with Crippen LogP contribution < -0.4 is 5.32 Å². The first-order chi connectivity index (χ1) is 12.1. The van der Waals surface area contributed by atoms with Crippen LogP contribution in [0.15, 0.2) is 24.3 Å². The summed E-state index contributed by atoms with van der Waals surface area (Å²) in [4.78, 5) is 24.5. The number of carbonyl (C=O) groups excluding carboxylic acids is 1. The van der Waals surface area contributed by atoms with E-state index in [4.69, 9.17) is 9.84 Å². The molecular weight excluding hydrogens is 320 g/mol. The third-order valence-electron chi connectivity index (χ3n) is 5.23. The Morgan fingerprint density at radius 2 is 1.72 bits per heavy atom. The molecule has 6 nitrogen and oxygen atoms in total. The van der Waals surface area contributed by atoms with E-state index in [1.54, 1.807) is 0 Å². The number of amides is 2. The lowest BCUT2D eigenvalue weighted by atomic mass is 9.83. The van der Waals surface area contributed by atoms with E-state index >= 15 is 0 Å². The normalized spacial score (nSPS) is 19.4. The fraction of sp³-hybridized carbons (Fsp3) is 0.579. The summed E-state index contributed by atoms with van der Waals surface area (Å²) >= 11 is 0. The number of para-hydroxylation sites is 1. The number of hydrogen-bond donors (Lipinski definition) is 2. The van der Waals surface area contributed by atoms with Crippen LogP contribution >= 0.6 is 0 Å². The van der Waals surface area contributed by atoms with Gasteiger partial charge in [0, 0.05) is 31.6 Å². The van der Waals surface area contributed by atoms with E-state index in [1.807, 2.05) is 18.2 Å². The van der Waals surface area contributed by atoms with Gasteiger partial charge in [0.05, 0.1) is 0 Å². The quantitative estimate of drug-likeness (QED) is 0.849. The van der Waals surface area contributed by atoms with Gasteiger partial charge in [0.25, 0.3) is 0 Å². The Labute approximate surface area is 148 Å². The summed E-state index contributed by atoms with van der Waals surface area (Å²) in [7, 11) is 0. The Hall–Kier alpha value is -2.24. The fourth-order valence-corrected chi connectivity index (χ4v) is 3.84. The highest BCUT2D eigenvalue weighted by atomic mass is 16.6. The van der Waals surface area contributed by atoms with Gasteiger partial charge in [0.15, 0.2) is 0 Å². The third-order valence-corrected chi connectivity index (χ3v) is 5.23. The molecule has 1 aromatic rings. The number of nitrogens with one attached hydrogen (secondary N) is 1. The zero-order valence-corrected chi connectivity index (χ0v) is 14.4. The summed E-state index contributed by atoms with van der Waals surface area (Å²) < 4.78 is 5.50. The summed E-state index contributed by atoms with van der Waals surface area (Å²) in [5, 5.41) is 11.9. The second-order valence-corrected chi connectivity index (χ2v) is 6.92. The number of carbonyl (C=O) groups is 2. The summed E-state index contributed by atoms with van der Waals surface area (Å²) in [6.07, 6.45) is 5.62. The molecule has 1 aliphatic heterocycles. The van der Waals surface area contributed by atoms with E-state index in [2.05, 4.69) is 11.4 Å². The highest BCUT2D eigenvalue weighted by molar-refractivity contribution is 5.86. The number of nitrogens with zero attached hydrogens (tertiary/aromatic N) is 1. The largest absolute Gasteiger partial charge is 0.465 e. The molecule has 25 heavy (non-hydrogen) atoms. The van der Waals surface area contributed by atoms with Gasteiger partial charge in [-0.15, -0.1) is 0 Å². The first-order valence-corrected chi connectivity index (χ1v) is 9.18. The Morgan fingerprint density at radius 1 is 1.04 bits per heavy atom. The van der Waals surface area contributed by atoms with Crippen LogP contribution in [0.4, 0.5) is 15.3 Å². The topological polar surface area (TPSA) is 78.9 Å². The van der Waals surface area contributed by atoms with E-state index in [-0.39, 0.29) is 6.10 Å². The van der Waals surface area contributed by atoms with E-state index in [0.29, 0.717) is 31.8 Å². The van der Waals surface area contributed by atoms with Crippen molar-refractivity contribution in [2.45, 2.75) is 57.0 Å². The van der Waals surface area contributed by atoms with E-state index in [0.717, 1.165) is 5.69 Å². The molecule has 3 rings (SSSR count). The predicted octanol–water partition coefficient (Wildman–Crippen LogP) is 4.43. The molecular formula is C19H26N2O4. The second-order valence-electron chi connectivity index (χ2n) is 6.92. The lowest BCUT2D eigenvalue weighted by molar-refractivity contribution is 0.0583. The van der Waals surface area contributed by atoms with Crippen LogP contribution in [-0.4, -0.2) is 41.4 Å². The molecule has 0 atom stereocenters. The fourth-order valence-electron chi connectivity index (χ4n) is 3.84. The summed E-state index contributed by atoms with van der Waals surface area (Å²) in [5.74, 6) is 0.504. The molecule has 1 saturated carbocycles. The zero-order valence-electron chi connectivity index (χ0n) is 14.4. The van der Waals surface area contributed by atoms with Gasteiger partial charge >= 0.3 is 12.2 Å². The maximum atomic E-state index is 12.3. The van der Waals surface area contributed by atoms with Crippen LogP contribution in [0.25, 0.3) is 0 Å². The predicted molar refractivity (Wildman–Crippen MR) is 95.0 cm³/mol. The molecule has 0 spiro atoms. The van der Waals surface area contributed by atoms with Crippen molar-refractivity contribution in [3.8, 4) is 0 Å². The van der Waals surface area contributed by atoms with Crippen LogP contribution in [0, 0.1) is 0 Å². The van der Waals surface area contributed by atoms with Gasteiger partial charge in [-0.2, -0.15) is 0 Å². The molecule has 2 aliphatic rings. The number of likely N-dealkylation sites (tertiary alicyclic amines) is 1. The van der Waals surface area contributed by atoms with Crippen molar-refractivity contribution in [1.29, 1.82) is 0 Å². The lowest BCUT2D eigenvalue weighted by Crippen LogP contribution is -2.41. The van der Waals surface area contributed by atoms with Gasteiger partial charge in [0.2, 0.25) is 0 Å². The van der Waals surface area contributed by atoms with Gasteiger partial charge in [-0.05, 0) is 30.4 Å². The molecule has 6 heteroatoms. The Morgan fingerprint density at radius 3 is 2.40 bits per heavy atom. The van der Waals surface area contributed by atoms with Crippen molar-refractivity contribution < 1.29 is 19.4 Å². The minimum Gasteiger partial charge on any atom is -0.465 e. The van der Waals surface area contributed by atoms with Crippen LogP contribution in [0.1, 0.15) is 56.4 Å². The molecule has 0 aromatic heterocycles. The van der Waals surface area contributed by atoms with Crippen molar-refractivity contribution >= 4 is 17.9 Å². The van der Waals surface area contributed by atoms with Crippen molar-refractivity contribution in [2.75, 3.05) is 18.4 Å². The van der Waals surface area contributed by atoms with Gasteiger partial charge in [0.1, 0.15) is 6.10 Å². The van der Waals surface area contributed by atoms with Crippen molar-refractivity contribution in [3.05, 3.63) is 29.8 Å². The monoisotopic (exact) mass is 346 g/mol. The molecule has 2 fully saturated rings. The summed E-state index contributed by atoms with van der Waals surface area (Å²) in [6.45, 7) is 0.817. The average molecular weight is 346 g/mol. The maximum Gasteiger partial charge on any atom is 0.411 e. The highest BCUT2D eigenvalue weighted by Crippen LogP contribution is 2.36. The molecule has 1 heterocycles. The molecule has 1 aromatic carbocycles. The number of hydrogen-bond acceptors (Lipinski definition) is 3. The number of benzene rings is 1. The van der Waals surface area contributed by atoms with Gasteiger partial charge in [-0.3, -0.25) is 5.32 Å². The van der Waals surface area contributed by atoms with E-state index in [9.17, 15) is 9.59 Å². The number of anilines is 1. The van der Waals surface area contributed by atoms with Gasteiger partial charge in [-0.25, -0.2) is 9.59 Å². The number of piperidine rings is 1. The van der Waals surface area contributed by atoms with Crippen LogP contribution in [0.3, 0.4) is 0 Å².